The lowest BCUT2D eigenvalue weighted by Gasteiger charge is -2.14. The van der Waals surface area contributed by atoms with Gasteiger partial charge >= 0.3 is 0 Å². The van der Waals surface area contributed by atoms with E-state index in [1.54, 1.807) is 24.5 Å². The summed E-state index contributed by atoms with van der Waals surface area (Å²) in [6.07, 6.45) is 8.24. The zero-order valence-electron chi connectivity index (χ0n) is 21.6. The van der Waals surface area contributed by atoms with Gasteiger partial charge in [-0.3, -0.25) is 9.78 Å². The van der Waals surface area contributed by atoms with Gasteiger partial charge in [0.2, 0.25) is 17.8 Å². The van der Waals surface area contributed by atoms with Crippen molar-refractivity contribution >= 4 is 23.8 Å². The maximum absolute atomic E-state index is 12.0. The number of hydrogen-bond donors (Lipinski definition) is 4. The van der Waals surface area contributed by atoms with Gasteiger partial charge in [0.05, 0.1) is 26.4 Å². The van der Waals surface area contributed by atoms with Crippen LogP contribution in [0.4, 0.5) is 17.8 Å². The molecule has 3 aromatic rings. The fourth-order valence-electron chi connectivity index (χ4n) is 4.02. The molecule has 0 atom stereocenters. The van der Waals surface area contributed by atoms with E-state index in [-0.39, 0.29) is 5.91 Å². The summed E-state index contributed by atoms with van der Waals surface area (Å²) in [5, 5.41) is 12.8. The molecule has 0 saturated heterocycles. The standard InChI is InChI=1S/C27H36N8O3/c36-24(22-6-2-1-3-7-22)29-14-16-37-18-19-38-17-15-30-25-33-26(31-20-21-10-12-28-13-11-21)35-27(34-25)32-23-8-4-5-9-23/h1-3,6-7,10-13,23H,4-5,8-9,14-20H2,(H,29,36)(H3,30,31,32,33,34,35). The predicted molar refractivity (Wildman–Crippen MR) is 146 cm³/mol. The van der Waals surface area contributed by atoms with Crippen molar-refractivity contribution in [3.05, 3.63) is 66.0 Å². The molecule has 0 spiro atoms. The van der Waals surface area contributed by atoms with Crippen molar-refractivity contribution in [1.29, 1.82) is 0 Å². The first-order valence-corrected chi connectivity index (χ1v) is 13.1. The van der Waals surface area contributed by atoms with Gasteiger partial charge in [-0.1, -0.05) is 31.0 Å². The summed E-state index contributed by atoms with van der Waals surface area (Å²) < 4.78 is 11.2. The molecule has 0 bridgehead atoms. The number of nitrogens with one attached hydrogen (secondary N) is 4. The van der Waals surface area contributed by atoms with Crippen LogP contribution in [0.5, 0.6) is 0 Å². The molecule has 1 aliphatic carbocycles. The molecule has 0 unspecified atom stereocenters. The van der Waals surface area contributed by atoms with Gasteiger partial charge in [0.1, 0.15) is 0 Å². The molecule has 11 heteroatoms. The van der Waals surface area contributed by atoms with Gasteiger partial charge in [-0.05, 0) is 42.7 Å². The number of rotatable bonds is 16. The number of nitrogens with zero attached hydrogens (tertiary/aromatic N) is 4. The average molecular weight is 521 g/mol. The summed E-state index contributed by atoms with van der Waals surface area (Å²) in [6.45, 7) is 3.40. The highest BCUT2D eigenvalue weighted by molar-refractivity contribution is 5.94. The summed E-state index contributed by atoms with van der Waals surface area (Å²) in [4.78, 5) is 29.6. The quantitative estimate of drug-likeness (QED) is 0.209. The lowest BCUT2D eigenvalue weighted by molar-refractivity contribution is 0.0519. The Morgan fingerprint density at radius 1 is 0.789 bits per heavy atom. The van der Waals surface area contributed by atoms with Gasteiger partial charge in [0, 0.05) is 43.6 Å². The van der Waals surface area contributed by atoms with E-state index in [9.17, 15) is 4.79 Å². The number of ether oxygens (including phenoxy) is 2. The van der Waals surface area contributed by atoms with Crippen molar-refractivity contribution in [3.63, 3.8) is 0 Å². The summed E-state index contributed by atoms with van der Waals surface area (Å²) in [6, 6.07) is 13.4. The highest BCUT2D eigenvalue weighted by atomic mass is 16.5. The van der Waals surface area contributed by atoms with Gasteiger partial charge in [0.25, 0.3) is 5.91 Å². The second-order valence-corrected chi connectivity index (χ2v) is 8.91. The van der Waals surface area contributed by atoms with Crippen molar-refractivity contribution in [3.8, 4) is 0 Å². The van der Waals surface area contributed by atoms with E-state index in [0.29, 0.717) is 75.5 Å². The van der Waals surface area contributed by atoms with E-state index < -0.39 is 0 Å². The van der Waals surface area contributed by atoms with Crippen molar-refractivity contribution in [2.24, 2.45) is 0 Å². The average Bonchev–Trinajstić information content (AvgIpc) is 3.47. The van der Waals surface area contributed by atoms with Crippen LogP contribution in [0.2, 0.25) is 0 Å². The highest BCUT2D eigenvalue weighted by Gasteiger charge is 2.17. The molecule has 38 heavy (non-hydrogen) atoms. The van der Waals surface area contributed by atoms with Crippen LogP contribution in [-0.4, -0.2) is 71.4 Å². The molecule has 4 N–H and O–H groups in total. The van der Waals surface area contributed by atoms with Crippen LogP contribution in [0.25, 0.3) is 0 Å². The fourth-order valence-corrected chi connectivity index (χ4v) is 4.02. The van der Waals surface area contributed by atoms with Gasteiger partial charge < -0.3 is 30.7 Å². The first-order chi connectivity index (χ1) is 18.8. The molecule has 1 saturated carbocycles. The van der Waals surface area contributed by atoms with Crippen LogP contribution in [-0.2, 0) is 16.0 Å². The Labute approximate surface area is 223 Å². The van der Waals surface area contributed by atoms with E-state index in [2.05, 4.69) is 41.2 Å². The molecule has 2 heterocycles. The Bertz CT molecular complexity index is 1100. The number of aromatic nitrogens is 4. The number of amides is 1. The van der Waals surface area contributed by atoms with Crippen LogP contribution in [0.15, 0.2) is 54.9 Å². The zero-order valence-corrected chi connectivity index (χ0v) is 21.6. The lowest BCUT2D eigenvalue weighted by Crippen LogP contribution is -2.27. The smallest absolute Gasteiger partial charge is 0.251 e. The molecule has 1 fully saturated rings. The molecule has 1 amide bonds. The first-order valence-electron chi connectivity index (χ1n) is 13.1. The first kappa shape index (κ1) is 27.2. The van der Waals surface area contributed by atoms with Crippen LogP contribution >= 0.6 is 0 Å². The van der Waals surface area contributed by atoms with E-state index in [1.807, 2.05) is 30.3 Å². The zero-order chi connectivity index (χ0) is 26.3. The summed E-state index contributed by atoms with van der Waals surface area (Å²) in [5.74, 6) is 1.47. The molecule has 1 aliphatic rings. The Balaban J connectivity index is 1.13. The van der Waals surface area contributed by atoms with Crippen molar-refractivity contribution in [2.45, 2.75) is 38.3 Å². The number of benzene rings is 1. The second-order valence-electron chi connectivity index (χ2n) is 8.91. The Hall–Kier alpha value is -3.83. The third kappa shape index (κ3) is 9.56. The molecule has 202 valence electrons. The van der Waals surface area contributed by atoms with Gasteiger partial charge in [-0.2, -0.15) is 15.0 Å². The summed E-state index contributed by atoms with van der Waals surface area (Å²) >= 11 is 0. The van der Waals surface area contributed by atoms with Crippen molar-refractivity contribution in [2.75, 3.05) is 55.5 Å². The molecule has 0 radical (unpaired) electrons. The van der Waals surface area contributed by atoms with Crippen LogP contribution in [0.3, 0.4) is 0 Å². The van der Waals surface area contributed by atoms with E-state index >= 15 is 0 Å². The van der Waals surface area contributed by atoms with Crippen LogP contribution in [0, 0.1) is 0 Å². The predicted octanol–water partition coefficient (Wildman–Crippen LogP) is 3.11. The molecular formula is C27H36N8O3. The van der Waals surface area contributed by atoms with Gasteiger partial charge in [-0.25, -0.2) is 0 Å². The molecule has 2 aromatic heterocycles. The van der Waals surface area contributed by atoms with Crippen LogP contribution < -0.4 is 21.3 Å². The maximum Gasteiger partial charge on any atom is 0.251 e. The molecule has 1 aromatic carbocycles. The van der Waals surface area contributed by atoms with Crippen LogP contribution in [0.1, 0.15) is 41.6 Å². The number of pyridine rings is 1. The third-order valence-corrected chi connectivity index (χ3v) is 5.99. The van der Waals surface area contributed by atoms with Crippen molar-refractivity contribution < 1.29 is 14.3 Å². The Kier molecular flexibility index (Phi) is 11.0. The number of anilines is 3. The lowest BCUT2D eigenvalue weighted by atomic mass is 10.2. The minimum absolute atomic E-state index is 0.104. The summed E-state index contributed by atoms with van der Waals surface area (Å²) in [7, 11) is 0. The highest BCUT2D eigenvalue weighted by Crippen LogP contribution is 2.21. The number of hydrogen-bond acceptors (Lipinski definition) is 10. The Morgan fingerprint density at radius 3 is 2.18 bits per heavy atom. The fraction of sp³-hybridized carbons (Fsp3) is 0.444. The van der Waals surface area contributed by atoms with Crippen molar-refractivity contribution in [1.82, 2.24) is 25.3 Å². The molecule has 11 nitrogen and oxygen atoms in total. The minimum atomic E-state index is -0.104. The third-order valence-electron chi connectivity index (χ3n) is 5.99. The van der Waals surface area contributed by atoms with E-state index in [4.69, 9.17) is 9.47 Å². The second kappa shape index (κ2) is 15.4. The minimum Gasteiger partial charge on any atom is -0.377 e. The van der Waals surface area contributed by atoms with Gasteiger partial charge in [-0.15, -0.1) is 0 Å². The molecule has 4 rings (SSSR count). The monoisotopic (exact) mass is 520 g/mol. The number of carbonyl (C=O) groups is 1. The largest absolute Gasteiger partial charge is 0.377 e. The van der Waals surface area contributed by atoms with E-state index in [1.165, 1.54) is 12.8 Å². The topological polar surface area (TPSA) is 135 Å². The Morgan fingerprint density at radius 2 is 1.45 bits per heavy atom. The maximum atomic E-state index is 12.0. The number of carbonyl (C=O) groups excluding carboxylic acids is 1. The normalized spacial score (nSPS) is 13.3. The molecule has 0 aliphatic heterocycles. The SMILES string of the molecule is O=C(NCCOCCOCCNc1nc(NCc2ccncc2)nc(NC2CCCC2)n1)c1ccccc1. The summed E-state index contributed by atoms with van der Waals surface area (Å²) in [5.41, 5.74) is 1.73. The molecular weight excluding hydrogens is 484 g/mol. The van der Waals surface area contributed by atoms with E-state index in [0.717, 1.165) is 18.4 Å². The van der Waals surface area contributed by atoms with Gasteiger partial charge in [0.15, 0.2) is 0 Å².